The number of fused-ring (bicyclic) bond motifs is 7. The molecule has 14 rings (SSSR count). The molecule has 76 heavy (non-hydrogen) atoms. The predicted octanol–water partition coefficient (Wildman–Crippen LogP) is 18.2. The van der Waals surface area contributed by atoms with Gasteiger partial charge in [0.15, 0.2) is 0 Å². The van der Waals surface area contributed by atoms with Crippen molar-refractivity contribution in [1.29, 1.82) is 0 Å². The minimum Gasteiger partial charge on any atom is -0.457 e. The van der Waals surface area contributed by atoms with E-state index in [0.29, 0.717) is 5.75 Å². The summed E-state index contributed by atoms with van der Waals surface area (Å²) in [5.41, 5.74) is 17.6. The molecule has 0 fully saturated rings. The lowest BCUT2D eigenvalue weighted by molar-refractivity contribution is 0.483. The number of hydrogen-bond acceptors (Lipinski definition) is 2. The Balaban J connectivity index is 0.902. The summed E-state index contributed by atoms with van der Waals surface area (Å²) in [7, 11) is 0. The zero-order valence-electron chi connectivity index (χ0n) is 42.4. The van der Waals surface area contributed by atoms with Gasteiger partial charge in [-0.25, -0.2) is 4.98 Å². The highest BCUT2D eigenvalue weighted by Gasteiger charge is 2.40. The lowest BCUT2D eigenvalue weighted by Gasteiger charge is -2.20. The zero-order valence-corrected chi connectivity index (χ0v) is 42.4. The molecule has 0 N–H and O–H groups in total. The largest absolute Gasteiger partial charge is 0.503 e. The Kier molecular flexibility index (Phi) is 10.6. The smallest absolute Gasteiger partial charge is 0.457 e. The summed E-state index contributed by atoms with van der Waals surface area (Å²) in [6.07, 6.45) is 1.93. The van der Waals surface area contributed by atoms with Gasteiger partial charge in [-0.1, -0.05) is 166 Å². The topological polar surface area (TPSA) is 38.0 Å². The molecule has 0 spiro atoms. The van der Waals surface area contributed by atoms with E-state index in [0.717, 1.165) is 95.2 Å². The van der Waals surface area contributed by atoms with E-state index < -0.39 is 0 Å². The number of rotatable bonds is 9. The maximum Gasteiger partial charge on any atom is 0.503 e. The van der Waals surface area contributed by atoms with E-state index in [2.05, 4.69) is 288 Å². The van der Waals surface area contributed by atoms with E-state index >= 15 is 0 Å². The van der Waals surface area contributed by atoms with Crippen LogP contribution in [0.5, 0.6) is 11.5 Å². The van der Waals surface area contributed by atoms with Gasteiger partial charge >= 0.3 is 11.7 Å². The molecule has 0 amide bonds. The first-order valence-electron chi connectivity index (χ1n) is 25.9. The summed E-state index contributed by atoms with van der Waals surface area (Å²) in [5, 5.41) is 4.72. The number of ether oxygens (including phenoxy) is 1. The van der Waals surface area contributed by atoms with Crippen LogP contribution in [0.2, 0.25) is 0 Å². The normalized spacial score (nSPS) is 12.4. The zero-order chi connectivity index (χ0) is 50.9. The Labute approximate surface area is 441 Å². The Morgan fingerprint density at radius 3 is 1.70 bits per heavy atom. The Morgan fingerprint density at radius 2 is 1.00 bits per heavy atom. The highest BCUT2D eigenvalue weighted by Crippen LogP contribution is 2.49. The fourth-order valence-electron chi connectivity index (χ4n) is 11.3. The summed E-state index contributed by atoms with van der Waals surface area (Å²) in [6.45, 7) is 6.74. The van der Waals surface area contributed by atoms with Crippen molar-refractivity contribution in [2.45, 2.75) is 26.2 Å². The van der Waals surface area contributed by atoms with Crippen molar-refractivity contribution < 1.29 is 4.74 Å². The number of benzene rings is 10. The van der Waals surface area contributed by atoms with Crippen LogP contribution < -0.4 is 13.9 Å². The molecule has 0 atom stereocenters. The highest BCUT2D eigenvalue weighted by atomic mass is 16.5. The average Bonchev–Trinajstić information content (AvgIpc) is 4.17. The third-order valence-corrected chi connectivity index (χ3v) is 14.9. The molecule has 1 aliphatic rings. The van der Waals surface area contributed by atoms with Crippen LogP contribution in [0.15, 0.2) is 255 Å². The molecule has 0 bridgehead atoms. The van der Waals surface area contributed by atoms with E-state index in [1.807, 2.05) is 12.3 Å². The summed E-state index contributed by atoms with van der Waals surface area (Å²) in [5.74, 6) is 2.29. The van der Waals surface area contributed by atoms with Crippen molar-refractivity contribution in [2.75, 3.05) is 0 Å². The molecule has 6 nitrogen and oxygen atoms in total. The second-order valence-electron chi connectivity index (χ2n) is 20.6. The molecule has 0 saturated carbocycles. The van der Waals surface area contributed by atoms with E-state index in [4.69, 9.17) is 9.72 Å². The maximum absolute atomic E-state index is 6.95. The van der Waals surface area contributed by atoms with Crippen molar-refractivity contribution in [1.82, 2.24) is 23.3 Å². The van der Waals surface area contributed by atoms with Gasteiger partial charge in [0.2, 0.25) is 11.4 Å². The molecule has 4 heterocycles. The second-order valence-corrected chi connectivity index (χ2v) is 20.6. The van der Waals surface area contributed by atoms with Gasteiger partial charge in [-0.05, 0) is 109 Å². The van der Waals surface area contributed by atoms with Crippen LogP contribution in [0, 0.1) is 0 Å². The van der Waals surface area contributed by atoms with E-state index in [1.165, 1.54) is 27.4 Å². The minimum absolute atomic E-state index is 0.0679. The number of aromatic nitrogens is 3. The molecule has 3 aromatic heterocycles. The van der Waals surface area contributed by atoms with Crippen LogP contribution in [0.3, 0.4) is 0 Å². The maximum atomic E-state index is 6.95. The SMILES string of the molecule is CC(C)(C)c1ccnc(-n2c3ccc(-n4c5ccccc5c5ccccc54)cc3c3ccc(Oc4cccc([N+]5=C=[N+](c6ccccc6)c6c(-c7c(-c8ccccc8)cccc7-c7ccccc7)cccc65)c4)cc32)c1. The molecule has 13 aromatic rings. The Bertz CT molecular complexity index is 4390. The lowest BCUT2D eigenvalue weighted by Crippen LogP contribution is -2.12. The first kappa shape index (κ1) is 44.8. The third-order valence-electron chi connectivity index (χ3n) is 14.9. The van der Waals surface area contributed by atoms with Gasteiger partial charge in [-0.3, -0.25) is 4.57 Å². The first-order chi connectivity index (χ1) is 37.3. The van der Waals surface area contributed by atoms with E-state index in [1.54, 1.807) is 0 Å². The number of pyridine rings is 1. The highest BCUT2D eigenvalue weighted by molar-refractivity contribution is 6.12. The number of hydrogen-bond donors (Lipinski definition) is 0. The first-order valence-corrected chi connectivity index (χ1v) is 25.9. The van der Waals surface area contributed by atoms with Gasteiger partial charge < -0.3 is 9.30 Å². The summed E-state index contributed by atoms with van der Waals surface area (Å²) in [6, 6.07) is 92.3. The Hall–Kier alpha value is -9.87. The monoisotopic (exact) mass is 977 g/mol. The minimum atomic E-state index is -0.0679. The van der Waals surface area contributed by atoms with Crippen molar-refractivity contribution in [2.24, 2.45) is 0 Å². The second kappa shape index (κ2) is 18.0. The van der Waals surface area contributed by atoms with Crippen LogP contribution >= 0.6 is 0 Å². The van der Waals surface area contributed by atoms with Gasteiger partial charge in [0.25, 0.3) is 5.69 Å². The molecule has 360 valence electrons. The van der Waals surface area contributed by atoms with Crippen LogP contribution in [0.1, 0.15) is 26.3 Å². The molecule has 10 aromatic carbocycles. The molecule has 0 radical (unpaired) electrons. The van der Waals surface area contributed by atoms with Gasteiger partial charge in [0.05, 0.1) is 33.7 Å². The molecule has 0 unspecified atom stereocenters. The average molecular weight is 978 g/mol. The third kappa shape index (κ3) is 7.54. The fourth-order valence-corrected chi connectivity index (χ4v) is 11.3. The molecule has 0 aliphatic carbocycles. The predicted molar refractivity (Wildman–Crippen MR) is 315 cm³/mol. The van der Waals surface area contributed by atoms with Gasteiger partial charge in [0.1, 0.15) is 17.3 Å². The Morgan fingerprint density at radius 1 is 0.421 bits per heavy atom. The van der Waals surface area contributed by atoms with Crippen molar-refractivity contribution in [3.05, 3.63) is 260 Å². The van der Waals surface area contributed by atoms with Crippen molar-refractivity contribution >= 4 is 72.4 Å². The summed E-state index contributed by atoms with van der Waals surface area (Å²) in [4.78, 5) is 5.03. The molecule has 1 aliphatic heterocycles. The molecule has 0 saturated heterocycles. The van der Waals surface area contributed by atoms with Crippen LogP contribution in [0.25, 0.3) is 88.5 Å². The van der Waals surface area contributed by atoms with Crippen molar-refractivity contribution in [3.8, 4) is 56.4 Å². The molecular formula is C70H51N5O+2. The number of para-hydroxylation sites is 4. The van der Waals surface area contributed by atoms with E-state index in [9.17, 15) is 0 Å². The summed E-state index contributed by atoms with van der Waals surface area (Å²) < 4.78 is 16.0. The quantitative estimate of drug-likeness (QED) is 0.135. The van der Waals surface area contributed by atoms with E-state index in [-0.39, 0.29) is 5.41 Å². The molecular weight excluding hydrogens is 927 g/mol. The standard InChI is InChI=1S/C70H51N5O/c1-70(2,3)49-40-41-71-67(42-49)75-64-39-36-52(74-62-33-15-13-28-57(62)58-29-14-16-34-63(58)74)44-61(64)59-38-37-54(45-66(59)75)76-53-27-17-26-51(43-53)72-46-73(50-24-11-6-12-25-50)69-60(32-19-35-65(69)72)68-55(47-20-7-4-8-21-47)30-18-31-56(68)48-22-9-5-10-23-48/h4-45H,1-3H3/q+2. The lowest BCUT2D eigenvalue weighted by atomic mass is 9.86. The summed E-state index contributed by atoms with van der Waals surface area (Å²) >= 11 is 0. The van der Waals surface area contributed by atoms with Crippen LogP contribution in [-0.4, -0.2) is 20.1 Å². The molecule has 6 heteroatoms. The van der Waals surface area contributed by atoms with Gasteiger partial charge in [-0.15, -0.1) is 0 Å². The van der Waals surface area contributed by atoms with Crippen LogP contribution in [0.4, 0.5) is 22.7 Å². The van der Waals surface area contributed by atoms with Crippen LogP contribution in [-0.2, 0) is 5.41 Å². The fraction of sp³-hybridized carbons (Fsp3) is 0.0571. The van der Waals surface area contributed by atoms with Gasteiger partial charge in [-0.2, -0.15) is 0 Å². The van der Waals surface area contributed by atoms with Crippen molar-refractivity contribution in [3.63, 3.8) is 0 Å². The van der Waals surface area contributed by atoms with Gasteiger partial charge in [0, 0.05) is 69.3 Å². The number of nitrogens with zero attached hydrogens (tertiary/aromatic N) is 5.